The molecule has 0 N–H and O–H groups in total. The van der Waals surface area contributed by atoms with Gasteiger partial charge in [0.15, 0.2) is 3.83 Å². The summed E-state index contributed by atoms with van der Waals surface area (Å²) < 4.78 is 4.33. The Kier molecular flexibility index (Phi) is 3.05. The molecule has 13 heavy (non-hydrogen) atoms. The van der Waals surface area contributed by atoms with E-state index in [-0.39, 0.29) is 0 Å². The van der Waals surface area contributed by atoms with Crippen LogP contribution in [0.5, 0.6) is 0 Å². The van der Waals surface area contributed by atoms with Gasteiger partial charge in [0.1, 0.15) is 0 Å². The van der Waals surface area contributed by atoms with Crippen molar-refractivity contribution in [3.05, 3.63) is 37.0 Å². The fourth-order valence-corrected chi connectivity index (χ4v) is 2.75. The van der Waals surface area contributed by atoms with E-state index in [1.807, 2.05) is 12.4 Å². The predicted molar refractivity (Wildman–Crippen MR) is 66.1 cm³/mol. The van der Waals surface area contributed by atoms with Crippen molar-refractivity contribution in [2.75, 3.05) is 0 Å². The average Bonchev–Trinajstić information content (AvgIpc) is 2.64. The van der Waals surface area contributed by atoms with Crippen molar-refractivity contribution in [3.63, 3.8) is 0 Å². The lowest BCUT2D eigenvalue weighted by Crippen LogP contribution is -1.99. The van der Waals surface area contributed by atoms with Gasteiger partial charge in [0.05, 0.1) is 10.3 Å². The monoisotopic (exact) mass is 368 g/mol. The molecule has 0 aliphatic heterocycles. The molecule has 5 heteroatoms. The van der Waals surface area contributed by atoms with Gasteiger partial charge >= 0.3 is 0 Å². The van der Waals surface area contributed by atoms with Crippen LogP contribution in [0.25, 0.3) is 0 Å². The predicted octanol–water partition coefficient (Wildman–Crippen LogP) is 3.36. The van der Waals surface area contributed by atoms with E-state index in [2.05, 4.69) is 59.5 Å². The third-order valence-electron chi connectivity index (χ3n) is 1.64. The molecule has 68 valence electrons. The van der Waals surface area contributed by atoms with Gasteiger partial charge in [0, 0.05) is 12.4 Å². The lowest BCUT2D eigenvalue weighted by molar-refractivity contribution is 0.774. The van der Waals surface area contributed by atoms with Crippen LogP contribution in [0.2, 0.25) is 0 Å². The van der Waals surface area contributed by atoms with Gasteiger partial charge in [-0.05, 0) is 55.5 Å². The summed E-state index contributed by atoms with van der Waals surface area (Å²) in [4.78, 5) is 4.16. The third-order valence-corrected chi connectivity index (χ3v) is 4.09. The SMILES string of the molecule is Brc1cc(Cn2ccnc2I)cs1. The molecule has 0 bridgehead atoms. The Balaban J connectivity index is 2.19. The van der Waals surface area contributed by atoms with Crippen LogP contribution in [-0.2, 0) is 6.54 Å². The maximum atomic E-state index is 4.16. The number of hydrogen-bond donors (Lipinski definition) is 0. The number of imidazole rings is 1. The van der Waals surface area contributed by atoms with Crippen molar-refractivity contribution in [1.82, 2.24) is 9.55 Å². The first-order valence-corrected chi connectivity index (χ1v) is 6.40. The molecule has 0 saturated heterocycles. The normalized spacial score (nSPS) is 10.6. The van der Waals surface area contributed by atoms with E-state index in [1.165, 1.54) is 9.35 Å². The molecule has 0 fully saturated rings. The van der Waals surface area contributed by atoms with Crippen LogP contribution >= 0.6 is 49.9 Å². The second kappa shape index (κ2) is 4.10. The van der Waals surface area contributed by atoms with Gasteiger partial charge in [-0.1, -0.05) is 0 Å². The Morgan fingerprint density at radius 3 is 3.00 bits per heavy atom. The Morgan fingerprint density at radius 2 is 2.46 bits per heavy atom. The van der Waals surface area contributed by atoms with E-state index in [4.69, 9.17) is 0 Å². The zero-order chi connectivity index (χ0) is 9.26. The highest BCUT2D eigenvalue weighted by Gasteiger charge is 2.01. The molecule has 0 aliphatic carbocycles. The van der Waals surface area contributed by atoms with Crippen molar-refractivity contribution in [3.8, 4) is 0 Å². The highest BCUT2D eigenvalue weighted by atomic mass is 127. The zero-order valence-electron chi connectivity index (χ0n) is 6.58. The highest BCUT2D eigenvalue weighted by molar-refractivity contribution is 14.1. The first-order valence-electron chi connectivity index (χ1n) is 3.65. The lowest BCUT2D eigenvalue weighted by Gasteiger charge is -2.00. The summed E-state index contributed by atoms with van der Waals surface area (Å²) in [5.41, 5.74) is 1.31. The van der Waals surface area contributed by atoms with Gasteiger partial charge in [0.2, 0.25) is 0 Å². The third kappa shape index (κ3) is 2.32. The minimum absolute atomic E-state index is 0.903. The number of aromatic nitrogens is 2. The van der Waals surface area contributed by atoms with Gasteiger partial charge in [-0.3, -0.25) is 0 Å². The molecular weight excluding hydrogens is 363 g/mol. The highest BCUT2D eigenvalue weighted by Crippen LogP contribution is 2.21. The molecule has 0 atom stereocenters. The lowest BCUT2D eigenvalue weighted by atomic mass is 10.3. The standard InChI is InChI=1S/C8H6BrIN2S/c9-7-3-6(5-13-7)4-12-2-1-11-8(12)10/h1-3,5H,4H2. The molecule has 2 aromatic heterocycles. The van der Waals surface area contributed by atoms with Crippen LogP contribution in [0.1, 0.15) is 5.56 Å². The number of hydrogen-bond acceptors (Lipinski definition) is 2. The smallest absolute Gasteiger partial charge is 0.171 e. The van der Waals surface area contributed by atoms with Crippen molar-refractivity contribution in [2.24, 2.45) is 0 Å². The average molecular weight is 369 g/mol. The van der Waals surface area contributed by atoms with Gasteiger partial charge < -0.3 is 4.57 Å². The molecule has 0 unspecified atom stereocenters. The van der Waals surface area contributed by atoms with Gasteiger partial charge in [-0.25, -0.2) is 4.98 Å². The molecule has 2 rings (SSSR count). The summed E-state index contributed by atoms with van der Waals surface area (Å²) in [6.07, 6.45) is 3.82. The molecule has 0 spiro atoms. The van der Waals surface area contributed by atoms with E-state index in [1.54, 1.807) is 11.3 Å². The summed E-state index contributed by atoms with van der Waals surface area (Å²) in [6, 6.07) is 2.14. The van der Waals surface area contributed by atoms with Crippen molar-refractivity contribution < 1.29 is 0 Å². The summed E-state index contributed by atoms with van der Waals surface area (Å²) in [7, 11) is 0. The molecule has 0 aliphatic rings. The van der Waals surface area contributed by atoms with Crippen molar-refractivity contribution in [2.45, 2.75) is 6.54 Å². The van der Waals surface area contributed by atoms with E-state index in [0.29, 0.717) is 0 Å². The van der Waals surface area contributed by atoms with Gasteiger partial charge in [-0.15, -0.1) is 11.3 Å². The van der Waals surface area contributed by atoms with Crippen LogP contribution in [0.15, 0.2) is 27.6 Å². The molecule has 0 amide bonds. The Labute approximate surface area is 102 Å². The van der Waals surface area contributed by atoms with Crippen LogP contribution in [0, 0.1) is 3.83 Å². The summed E-state index contributed by atoms with van der Waals surface area (Å²) in [5, 5.41) is 2.15. The first-order chi connectivity index (χ1) is 6.25. The largest absolute Gasteiger partial charge is 0.322 e. The minimum atomic E-state index is 0.903. The van der Waals surface area contributed by atoms with Crippen LogP contribution in [0.4, 0.5) is 0 Å². The topological polar surface area (TPSA) is 17.8 Å². The van der Waals surface area contributed by atoms with E-state index in [0.717, 1.165) is 10.4 Å². The maximum absolute atomic E-state index is 4.16. The molecule has 2 aromatic rings. The molecule has 0 radical (unpaired) electrons. The Bertz CT molecular complexity index is 410. The maximum Gasteiger partial charge on any atom is 0.171 e. The van der Waals surface area contributed by atoms with Crippen molar-refractivity contribution >= 4 is 49.9 Å². The van der Waals surface area contributed by atoms with Crippen LogP contribution < -0.4 is 0 Å². The fourth-order valence-electron chi connectivity index (χ4n) is 1.05. The zero-order valence-corrected chi connectivity index (χ0v) is 11.1. The number of rotatable bonds is 2. The Hall–Kier alpha value is 0.120. The molecule has 0 saturated carbocycles. The summed E-state index contributed by atoms with van der Waals surface area (Å²) in [5.74, 6) is 0. The van der Waals surface area contributed by atoms with Crippen LogP contribution in [-0.4, -0.2) is 9.55 Å². The van der Waals surface area contributed by atoms with Gasteiger partial charge in [-0.2, -0.15) is 0 Å². The van der Waals surface area contributed by atoms with E-state index < -0.39 is 0 Å². The summed E-state index contributed by atoms with van der Waals surface area (Å²) >= 11 is 7.39. The number of nitrogens with zero attached hydrogens (tertiary/aromatic N) is 2. The molecule has 0 aromatic carbocycles. The van der Waals surface area contributed by atoms with Gasteiger partial charge in [0.25, 0.3) is 0 Å². The molecule has 2 heterocycles. The second-order valence-corrected chi connectivity index (χ2v) is 5.84. The summed E-state index contributed by atoms with van der Waals surface area (Å²) in [6.45, 7) is 0.903. The van der Waals surface area contributed by atoms with Crippen LogP contribution in [0.3, 0.4) is 0 Å². The minimum Gasteiger partial charge on any atom is -0.322 e. The Morgan fingerprint density at radius 1 is 1.62 bits per heavy atom. The number of thiophene rings is 1. The van der Waals surface area contributed by atoms with Crippen molar-refractivity contribution in [1.29, 1.82) is 0 Å². The second-order valence-electron chi connectivity index (χ2n) is 2.58. The number of halogens is 2. The fraction of sp³-hybridized carbons (Fsp3) is 0.125. The quantitative estimate of drug-likeness (QED) is 0.743. The molecular formula is C8H6BrIN2S. The molecule has 2 nitrogen and oxygen atoms in total. The van der Waals surface area contributed by atoms with E-state index >= 15 is 0 Å². The first kappa shape index (κ1) is 9.67. The van der Waals surface area contributed by atoms with E-state index in [9.17, 15) is 0 Å².